The molecule has 0 saturated carbocycles. The van der Waals surface area contributed by atoms with Crippen LogP contribution in [0.1, 0.15) is 142 Å². The van der Waals surface area contributed by atoms with Crippen LogP contribution in [0.25, 0.3) is 0 Å². The molecule has 0 heterocycles. The topological polar surface area (TPSA) is 58.9 Å². The van der Waals surface area contributed by atoms with E-state index in [9.17, 15) is 10.2 Å². The van der Waals surface area contributed by atoms with E-state index in [0.717, 1.165) is 29.9 Å². The van der Waals surface area contributed by atoms with Gasteiger partial charge < -0.3 is 52.8 Å². The van der Waals surface area contributed by atoms with Gasteiger partial charge in [-0.25, -0.2) is 0 Å². The number of hydrogen-bond donors (Lipinski definition) is 2. The van der Waals surface area contributed by atoms with E-state index in [0.29, 0.717) is 30.5 Å². The van der Waals surface area contributed by atoms with Gasteiger partial charge in [0.25, 0.3) is 0 Å². The molecule has 0 bridgehead atoms. The number of aliphatic hydroxyl groups is 2. The Bertz CT molecular complexity index is 635. The molecular weight excluding hydrogens is 623 g/mol. The number of halogens is 2. The molecule has 2 N–H and O–H groups in total. The first kappa shape index (κ1) is 49.9. The Morgan fingerprint density at radius 3 is 1.33 bits per heavy atom. The van der Waals surface area contributed by atoms with E-state index in [1.165, 1.54) is 109 Å². The minimum atomic E-state index is -2.27. The van der Waals surface area contributed by atoms with E-state index in [1.54, 1.807) is 0 Å². The van der Waals surface area contributed by atoms with Crippen molar-refractivity contribution in [1.82, 2.24) is 0 Å². The number of aliphatic hydroxyl groups excluding tert-OH is 2. The highest BCUT2D eigenvalue weighted by Gasteiger charge is 2.42. The van der Waals surface area contributed by atoms with Gasteiger partial charge >= 0.3 is 8.56 Å². The molecule has 0 aromatic rings. The van der Waals surface area contributed by atoms with Crippen molar-refractivity contribution in [3.63, 3.8) is 0 Å². The van der Waals surface area contributed by atoms with Gasteiger partial charge in [-0.3, -0.25) is 0 Å². The number of nitrogens with zero attached hydrogens (tertiary/aromatic N) is 2. The summed E-state index contributed by atoms with van der Waals surface area (Å²) in [6, 6.07) is 1.01. The Balaban J connectivity index is -0.00000882. The van der Waals surface area contributed by atoms with Crippen LogP contribution < -0.4 is 24.8 Å². The standard InChI is InChI=1S/C36H80N2O4Si.2ClH/c1-9-11-12-13-14-15-16-17-18-19-20-21-22-23-24-25-30-38(6,7)31-26-35-43(8,41-10-2)42-34-29-36(27-32-39,28-33-40)37(3,4)5;;/h39-40H,9-35H2,1-8H3;2*1H/q+2;;/p-2. The summed E-state index contributed by atoms with van der Waals surface area (Å²) in [5, 5.41) is 19.5. The quantitative estimate of drug-likeness (QED) is 0.0643. The molecule has 1 atom stereocenters. The van der Waals surface area contributed by atoms with Gasteiger partial charge in [-0.1, -0.05) is 96.8 Å². The summed E-state index contributed by atoms with van der Waals surface area (Å²) in [6.45, 7) is 10.6. The van der Waals surface area contributed by atoms with Crippen LogP contribution in [0.5, 0.6) is 0 Å². The molecule has 0 aliphatic heterocycles. The van der Waals surface area contributed by atoms with Gasteiger partial charge in [0.2, 0.25) is 0 Å². The van der Waals surface area contributed by atoms with Crippen LogP contribution in [-0.4, -0.2) is 108 Å². The third kappa shape index (κ3) is 25.2. The van der Waals surface area contributed by atoms with E-state index in [-0.39, 0.29) is 43.6 Å². The molecule has 0 fully saturated rings. The van der Waals surface area contributed by atoms with Crippen molar-refractivity contribution in [3.05, 3.63) is 0 Å². The van der Waals surface area contributed by atoms with E-state index < -0.39 is 8.56 Å². The lowest BCUT2D eigenvalue weighted by Gasteiger charge is -2.46. The molecule has 0 radical (unpaired) electrons. The van der Waals surface area contributed by atoms with Crippen molar-refractivity contribution in [2.45, 2.75) is 160 Å². The van der Waals surface area contributed by atoms with Crippen LogP contribution in [-0.2, 0) is 8.85 Å². The highest BCUT2D eigenvalue weighted by atomic mass is 35.5. The number of quaternary nitrogens is 2. The Hall–Kier alpha value is 0.557. The lowest BCUT2D eigenvalue weighted by molar-refractivity contribution is -0.925. The van der Waals surface area contributed by atoms with Gasteiger partial charge in [0, 0.05) is 45.7 Å². The van der Waals surface area contributed by atoms with Crippen LogP contribution in [0.2, 0.25) is 12.6 Å². The van der Waals surface area contributed by atoms with E-state index >= 15 is 0 Å². The minimum Gasteiger partial charge on any atom is -1.00 e. The Kier molecular flexibility index (Phi) is 32.7. The van der Waals surface area contributed by atoms with Crippen molar-refractivity contribution in [1.29, 1.82) is 0 Å². The van der Waals surface area contributed by atoms with Crippen molar-refractivity contribution >= 4 is 8.56 Å². The van der Waals surface area contributed by atoms with Gasteiger partial charge in [-0.05, 0) is 38.8 Å². The zero-order valence-corrected chi connectivity index (χ0v) is 34.0. The van der Waals surface area contributed by atoms with Gasteiger partial charge in [-0.15, -0.1) is 0 Å². The maximum absolute atomic E-state index is 9.77. The second kappa shape index (κ2) is 29.5. The predicted molar refractivity (Wildman–Crippen MR) is 189 cm³/mol. The molecule has 6 nitrogen and oxygen atoms in total. The second-order valence-electron chi connectivity index (χ2n) is 15.1. The van der Waals surface area contributed by atoms with Crippen LogP contribution in [0.3, 0.4) is 0 Å². The first-order valence-electron chi connectivity index (χ1n) is 18.5. The molecule has 0 aliphatic carbocycles. The van der Waals surface area contributed by atoms with E-state index in [2.05, 4.69) is 55.6 Å². The first-order valence-corrected chi connectivity index (χ1v) is 21.1. The maximum Gasteiger partial charge on any atom is 0.335 e. The highest BCUT2D eigenvalue weighted by Crippen LogP contribution is 2.31. The zero-order chi connectivity index (χ0) is 32.5. The van der Waals surface area contributed by atoms with Crippen LogP contribution in [0, 0.1) is 0 Å². The summed E-state index contributed by atoms with van der Waals surface area (Å²) in [4.78, 5) is 0. The van der Waals surface area contributed by atoms with Gasteiger partial charge in [0.05, 0.1) is 48.3 Å². The SMILES string of the molecule is CCCCCCCCCCCCCCCCCC[N+](C)(C)CCC[Si](C)(OCC)OCCC(CCO)(CCO)[N+](C)(C)C.[Cl-].[Cl-]. The van der Waals surface area contributed by atoms with Gasteiger partial charge in [0.1, 0.15) is 5.54 Å². The molecule has 276 valence electrons. The highest BCUT2D eigenvalue weighted by molar-refractivity contribution is 6.66. The van der Waals surface area contributed by atoms with Crippen LogP contribution in [0.15, 0.2) is 0 Å². The maximum atomic E-state index is 9.77. The number of unbranched alkanes of at least 4 members (excludes halogenated alkanes) is 15. The summed E-state index contributed by atoms with van der Waals surface area (Å²) in [6.07, 6.45) is 26.0. The minimum absolute atomic E-state index is 0. The molecule has 0 aromatic heterocycles. The van der Waals surface area contributed by atoms with Crippen LogP contribution >= 0.6 is 0 Å². The lowest BCUT2D eigenvalue weighted by atomic mass is 9.85. The summed E-state index contributed by atoms with van der Waals surface area (Å²) in [5.74, 6) is 0. The normalized spacial score (nSPS) is 13.7. The lowest BCUT2D eigenvalue weighted by Crippen LogP contribution is -3.00. The monoisotopic (exact) mass is 703 g/mol. The van der Waals surface area contributed by atoms with Crippen molar-refractivity contribution in [3.8, 4) is 0 Å². The molecule has 45 heavy (non-hydrogen) atoms. The summed E-state index contributed by atoms with van der Waals surface area (Å²) in [5.41, 5.74) is -0.198. The first-order chi connectivity index (χ1) is 20.4. The smallest absolute Gasteiger partial charge is 0.335 e. The predicted octanol–water partition coefficient (Wildman–Crippen LogP) is 2.45. The fraction of sp³-hybridized carbons (Fsp3) is 1.00. The summed E-state index contributed by atoms with van der Waals surface area (Å²) < 4.78 is 14.6. The molecule has 9 heteroatoms. The van der Waals surface area contributed by atoms with Crippen molar-refractivity contribution in [2.24, 2.45) is 0 Å². The Labute approximate surface area is 295 Å². The largest absolute Gasteiger partial charge is 1.00 e. The van der Waals surface area contributed by atoms with Gasteiger partial charge in [0.15, 0.2) is 0 Å². The van der Waals surface area contributed by atoms with E-state index in [4.69, 9.17) is 8.85 Å². The fourth-order valence-corrected chi connectivity index (χ4v) is 9.09. The third-order valence-corrected chi connectivity index (χ3v) is 13.0. The molecule has 0 amide bonds. The van der Waals surface area contributed by atoms with Crippen LogP contribution in [0.4, 0.5) is 0 Å². The summed E-state index contributed by atoms with van der Waals surface area (Å²) >= 11 is 0. The molecule has 0 aromatic carbocycles. The molecule has 0 spiro atoms. The Morgan fingerprint density at radius 1 is 0.556 bits per heavy atom. The third-order valence-electron chi connectivity index (χ3n) is 10.0. The second-order valence-corrected chi connectivity index (χ2v) is 18.5. The average Bonchev–Trinajstić information content (AvgIpc) is 2.92. The van der Waals surface area contributed by atoms with Crippen molar-refractivity contribution in [2.75, 3.05) is 74.8 Å². The average molecular weight is 704 g/mol. The molecule has 1 unspecified atom stereocenters. The molecule has 0 aliphatic rings. The number of rotatable bonds is 32. The molecule has 0 rings (SSSR count). The molecule has 0 saturated heterocycles. The Morgan fingerprint density at radius 2 is 0.956 bits per heavy atom. The van der Waals surface area contributed by atoms with Gasteiger partial charge in [-0.2, -0.15) is 0 Å². The number of hydrogen-bond acceptors (Lipinski definition) is 4. The molecular formula is C36H80Cl2N2O4Si. The zero-order valence-electron chi connectivity index (χ0n) is 31.5. The fourth-order valence-electron chi connectivity index (χ4n) is 6.77. The summed E-state index contributed by atoms with van der Waals surface area (Å²) in [7, 11) is 8.96. The van der Waals surface area contributed by atoms with E-state index in [1.807, 2.05) is 0 Å². The van der Waals surface area contributed by atoms with Crippen molar-refractivity contribution < 1.29 is 52.8 Å².